The molecule has 0 fully saturated rings. The Kier molecular flexibility index (Phi) is 5.60. The Morgan fingerprint density at radius 1 is 1.67 bits per heavy atom. The van der Waals surface area contributed by atoms with E-state index >= 15 is 0 Å². The van der Waals surface area contributed by atoms with E-state index in [0.717, 1.165) is 23.0 Å². The molecule has 0 aliphatic carbocycles. The van der Waals surface area contributed by atoms with Gasteiger partial charge in [-0.05, 0) is 20.2 Å². The largest absolute Gasteiger partial charge is 0.325 e. The second-order valence-electron chi connectivity index (χ2n) is 3.66. The van der Waals surface area contributed by atoms with Gasteiger partial charge >= 0.3 is 0 Å². The number of thiazole rings is 1. The Morgan fingerprint density at radius 3 is 2.93 bits per heavy atom. The summed E-state index contributed by atoms with van der Waals surface area (Å²) in [5, 5.41) is 3.13. The Labute approximate surface area is 100 Å². The maximum absolute atomic E-state index is 5.53. The average molecular weight is 245 g/mol. The third-order valence-corrected chi connectivity index (χ3v) is 4.08. The van der Waals surface area contributed by atoms with Crippen molar-refractivity contribution in [1.82, 2.24) is 9.88 Å². The monoisotopic (exact) mass is 245 g/mol. The lowest BCUT2D eigenvalue weighted by Gasteiger charge is -2.22. The molecule has 3 nitrogen and oxygen atoms in total. The highest BCUT2D eigenvalue weighted by atomic mass is 32.2. The molecule has 1 aromatic heterocycles. The van der Waals surface area contributed by atoms with Crippen LogP contribution in [-0.2, 0) is 13.1 Å². The molecule has 0 aliphatic rings. The molecule has 0 saturated heterocycles. The van der Waals surface area contributed by atoms with Gasteiger partial charge in [0, 0.05) is 30.3 Å². The van der Waals surface area contributed by atoms with Gasteiger partial charge in [0.25, 0.3) is 0 Å². The maximum atomic E-state index is 5.53. The predicted molar refractivity (Wildman–Crippen MR) is 69.3 cm³/mol. The lowest BCUT2D eigenvalue weighted by atomic mass is 10.3. The zero-order valence-corrected chi connectivity index (χ0v) is 11.2. The number of hydrogen-bond donors (Lipinski definition) is 1. The fourth-order valence-electron chi connectivity index (χ4n) is 1.30. The van der Waals surface area contributed by atoms with E-state index in [-0.39, 0.29) is 0 Å². The molecule has 15 heavy (non-hydrogen) atoms. The van der Waals surface area contributed by atoms with Gasteiger partial charge in [0.15, 0.2) is 0 Å². The van der Waals surface area contributed by atoms with Crippen LogP contribution in [0, 0.1) is 0 Å². The molecule has 0 aliphatic heterocycles. The first-order valence-corrected chi connectivity index (χ1v) is 7.27. The summed E-state index contributed by atoms with van der Waals surface area (Å²) in [6.07, 6.45) is 2.14. The minimum atomic E-state index is 0.550. The van der Waals surface area contributed by atoms with Crippen LogP contribution in [0.4, 0.5) is 0 Å². The van der Waals surface area contributed by atoms with Gasteiger partial charge in [0.1, 0.15) is 5.01 Å². The van der Waals surface area contributed by atoms with Gasteiger partial charge in [0.2, 0.25) is 0 Å². The third-order valence-electron chi connectivity index (χ3n) is 2.35. The Balaban J connectivity index is 2.46. The van der Waals surface area contributed by atoms with Crippen molar-refractivity contribution < 1.29 is 0 Å². The second-order valence-corrected chi connectivity index (χ2v) is 5.51. The SMILES string of the molecule is CSCC(C)N(C)Cc1csc(CN)n1. The van der Waals surface area contributed by atoms with Gasteiger partial charge in [-0.15, -0.1) is 11.3 Å². The van der Waals surface area contributed by atoms with Crippen LogP contribution in [0.1, 0.15) is 17.6 Å². The molecule has 2 N–H and O–H groups in total. The van der Waals surface area contributed by atoms with E-state index in [2.05, 4.69) is 35.5 Å². The molecule has 1 rings (SSSR count). The summed E-state index contributed by atoms with van der Waals surface area (Å²) in [7, 11) is 2.14. The quantitative estimate of drug-likeness (QED) is 0.829. The van der Waals surface area contributed by atoms with Crippen LogP contribution < -0.4 is 5.73 Å². The van der Waals surface area contributed by atoms with E-state index < -0.39 is 0 Å². The molecule has 1 aromatic rings. The summed E-state index contributed by atoms with van der Waals surface area (Å²) >= 11 is 3.53. The van der Waals surface area contributed by atoms with Crippen molar-refractivity contribution in [2.24, 2.45) is 5.73 Å². The summed E-state index contributed by atoms with van der Waals surface area (Å²) in [6, 6.07) is 0.586. The molecule has 1 atom stereocenters. The summed E-state index contributed by atoms with van der Waals surface area (Å²) in [6.45, 7) is 3.71. The molecule has 0 amide bonds. The number of nitrogens with zero attached hydrogens (tertiary/aromatic N) is 2. The smallest absolute Gasteiger partial charge is 0.106 e. The average Bonchev–Trinajstić information content (AvgIpc) is 2.66. The van der Waals surface area contributed by atoms with Gasteiger partial charge in [0.05, 0.1) is 5.69 Å². The normalized spacial score (nSPS) is 13.4. The molecule has 0 aromatic carbocycles. The zero-order chi connectivity index (χ0) is 11.3. The second kappa shape index (κ2) is 6.48. The van der Waals surface area contributed by atoms with E-state index in [9.17, 15) is 0 Å². The molecule has 0 saturated carbocycles. The van der Waals surface area contributed by atoms with E-state index in [1.54, 1.807) is 11.3 Å². The molecule has 86 valence electrons. The number of thioether (sulfide) groups is 1. The molecule has 0 radical (unpaired) electrons. The molecule has 1 unspecified atom stereocenters. The molecule has 5 heteroatoms. The van der Waals surface area contributed by atoms with Crippen LogP contribution in [-0.4, -0.2) is 35.0 Å². The summed E-state index contributed by atoms with van der Waals surface area (Å²) in [5.41, 5.74) is 6.67. The zero-order valence-electron chi connectivity index (χ0n) is 9.56. The Morgan fingerprint density at radius 2 is 2.40 bits per heavy atom. The summed E-state index contributed by atoms with van der Waals surface area (Å²) in [4.78, 5) is 6.78. The minimum absolute atomic E-state index is 0.550. The molecule has 1 heterocycles. The fourth-order valence-corrected chi connectivity index (χ4v) is 2.70. The first kappa shape index (κ1) is 13.0. The minimum Gasteiger partial charge on any atom is -0.325 e. The predicted octanol–water partition coefficient (Wildman–Crippen LogP) is 1.79. The number of rotatable bonds is 6. The molecular formula is C10H19N3S2. The van der Waals surface area contributed by atoms with Crippen molar-refractivity contribution >= 4 is 23.1 Å². The van der Waals surface area contributed by atoms with Gasteiger partial charge < -0.3 is 5.73 Å². The van der Waals surface area contributed by atoms with Crippen molar-refractivity contribution in [2.75, 3.05) is 19.1 Å². The highest BCUT2D eigenvalue weighted by Gasteiger charge is 2.10. The number of nitrogens with two attached hydrogens (primary N) is 1. The molecular weight excluding hydrogens is 226 g/mol. The fraction of sp³-hybridized carbons (Fsp3) is 0.700. The number of aromatic nitrogens is 1. The molecule has 0 bridgehead atoms. The van der Waals surface area contributed by atoms with Gasteiger partial charge in [-0.3, -0.25) is 4.90 Å². The summed E-state index contributed by atoms with van der Waals surface area (Å²) < 4.78 is 0. The van der Waals surface area contributed by atoms with E-state index in [1.807, 2.05) is 11.8 Å². The maximum Gasteiger partial charge on any atom is 0.106 e. The lowest BCUT2D eigenvalue weighted by molar-refractivity contribution is 0.267. The first-order chi connectivity index (χ1) is 7.17. The van der Waals surface area contributed by atoms with E-state index in [1.165, 1.54) is 0 Å². The molecule has 0 spiro atoms. The highest BCUT2D eigenvalue weighted by molar-refractivity contribution is 7.98. The van der Waals surface area contributed by atoms with Crippen LogP contribution in [0.2, 0.25) is 0 Å². The highest BCUT2D eigenvalue weighted by Crippen LogP contribution is 2.12. The first-order valence-electron chi connectivity index (χ1n) is 5.00. The summed E-state index contributed by atoms with van der Waals surface area (Å²) in [5.74, 6) is 1.16. The third kappa shape index (κ3) is 4.10. The topological polar surface area (TPSA) is 42.1 Å². The van der Waals surface area contributed by atoms with Crippen molar-refractivity contribution in [3.63, 3.8) is 0 Å². The van der Waals surface area contributed by atoms with E-state index in [0.29, 0.717) is 12.6 Å². The standard InChI is InChI=1S/C10H19N3S2/c1-8(6-14-3)13(2)5-9-7-15-10(4-11)12-9/h7-8H,4-6,11H2,1-3H3. The Bertz CT molecular complexity index is 288. The van der Waals surface area contributed by atoms with Crippen LogP contribution in [0.25, 0.3) is 0 Å². The van der Waals surface area contributed by atoms with Crippen molar-refractivity contribution in [1.29, 1.82) is 0 Å². The van der Waals surface area contributed by atoms with Gasteiger partial charge in [-0.1, -0.05) is 0 Å². The van der Waals surface area contributed by atoms with Crippen LogP contribution in [0.3, 0.4) is 0 Å². The Hall–Kier alpha value is -0.100. The van der Waals surface area contributed by atoms with E-state index in [4.69, 9.17) is 5.73 Å². The van der Waals surface area contributed by atoms with Crippen molar-refractivity contribution in [2.45, 2.75) is 26.1 Å². The van der Waals surface area contributed by atoms with Crippen molar-refractivity contribution in [3.8, 4) is 0 Å². The van der Waals surface area contributed by atoms with Gasteiger partial charge in [-0.2, -0.15) is 11.8 Å². The lowest BCUT2D eigenvalue weighted by Crippen LogP contribution is -2.30. The van der Waals surface area contributed by atoms with Crippen molar-refractivity contribution in [3.05, 3.63) is 16.1 Å². The van der Waals surface area contributed by atoms with Gasteiger partial charge in [-0.25, -0.2) is 4.98 Å². The van der Waals surface area contributed by atoms with Crippen LogP contribution in [0.15, 0.2) is 5.38 Å². The van der Waals surface area contributed by atoms with Crippen LogP contribution >= 0.6 is 23.1 Å². The van der Waals surface area contributed by atoms with Crippen LogP contribution in [0.5, 0.6) is 0 Å². The number of hydrogen-bond acceptors (Lipinski definition) is 5.